The molecule has 2 aromatic rings. The fourth-order valence-electron chi connectivity index (χ4n) is 2.62. The van der Waals surface area contributed by atoms with E-state index in [2.05, 4.69) is 31.4 Å². The van der Waals surface area contributed by atoms with Crippen LogP contribution in [0.4, 0.5) is 5.69 Å². The molecule has 160 valence electrons. The van der Waals surface area contributed by atoms with E-state index in [0.717, 1.165) is 5.56 Å². The molecule has 7 heteroatoms. The first-order valence-corrected chi connectivity index (χ1v) is 9.66. The van der Waals surface area contributed by atoms with Crippen LogP contribution >= 0.6 is 0 Å². The standard InChI is InChI=1S/C23H28N2O5/c1-15(30-19-11-9-17(10-12-19)23(2,3)4)22(28)29-14-20(26)25-18-8-6-7-16(13-18)21(27)24-5/h6-13,15H,14H2,1-5H3,(H,24,27)(H,25,26)/t15-/m0/s1. The minimum absolute atomic E-state index is 0.0241. The Kier molecular flexibility index (Phi) is 7.58. The predicted octanol–water partition coefficient (Wildman–Crippen LogP) is 3.29. The average molecular weight is 412 g/mol. The molecule has 0 saturated heterocycles. The molecule has 0 radical (unpaired) electrons. The lowest BCUT2D eigenvalue weighted by molar-refractivity contribution is -0.153. The van der Waals surface area contributed by atoms with Crippen LogP contribution in [0.2, 0.25) is 0 Å². The maximum Gasteiger partial charge on any atom is 0.347 e. The number of esters is 1. The monoisotopic (exact) mass is 412 g/mol. The van der Waals surface area contributed by atoms with E-state index in [1.165, 1.54) is 13.1 Å². The smallest absolute Gasteiger partial charge is 0.347 e. The number of rotatable bonds is 7. The van der Waals surface area contributed by atoms with Crippen LogP contribution < -0.4 is 15.4 Å². The molecule has 0 aliphatic rings. The third-order valence-corrected chi connectivity index (χ3v) is 4.35. The van der Waals surface area contributed by atoms with Gasteiger partial charge in [0, 0.05) is 18.3 Å². The normalized spacial score (nSPS) is 11.9. The molecule has 2 amide bonds. The average Bonchev–Trinajstić information content (AvgIpc) is 2.71. The van der Waals surface area contributed by atoms with Gasteiger partial charge in [0.1, 0.15) is 5.75 Å². The second kappa shape index (κ2) is 9.91. The van der Waals surface area contributed by atoms with E-state index in [0.29, 0.717) is 17.0 Å². The third kappa shape index (κ3) is 6.62. The SMILES string of the molecule is CNC(=O)c1cccc(NC(=O)COC(=O)[C@H](C)Oc2ccc(C(C)(C)C)cc2)c1. The number of hydrogen-bond donors (Lipinski definition) is 2. The Morgan fingerprint density at radius 3 is 2.30 bits per heavy atom. The van der Waals surface area contributed by atoms with Crippen molar-refractivity contribution in [2.24, 2.45) is 0 Å². The molecule has 0 aromatic heterocycles. The van der Waals surface area contributed by atoms with Crippen LogP contribution in [0.5, 0.6) is 5.75 Å². The predicted molar refractivity (Wildman–Crippen MR) is 115 cm³/mol. The molecule has 0 aliphatic heterocycles. The zero-order chi connectivity index (χ0) is 22.3. The lowest BCUT2D eigenvalue weighted by atomic mass is 9.87. The molecule has 0 spiro atoms. The summed E-state index contributed by atoms with van der Waals surface area (Å²) in [6, 6.07) is 14.0. The van der Waals surface area contributed by atoms with E-state index in [1.807, 2.05) is 12.1 Å². The Bertz CT molecular complexity index is 901. The summed E-state index contributed by atoms with van der Waals surface area (Å²) in [6.07, 6.45) is -0.866. The van der Waals surface area contributed by atoms with E-state index in [-0.39, 0.29) is 11.3 Å². The van der Waals surface area contributed by atoms with Crippen LogP contribution in [-0.2, 0) is 19.7 Å². The van der Waals surface area contributed by atoms with Gasteiger partial charge in [0.05, 0.1) is 0 Å². The highest BCUT2D eigenvalue weighted by atomic mass is 16.6. The highest BCUT2D eigenvalue weighted by Gasteiger charge is 2.19. The minimum Gasteiger partial charge on any atom is -0.479 e. The molecular formula is C23H28N2O5. The van der Waals surface area contributed by atoms with Crippen LogP contribution in [0.25, 0.3) is 0 Å². The largest absolute Gasteiger partial charge is 0.479 e. The lowest BCUT2D eigenvalue weighted by Gasteiger charge is -2.20. The molecule has 0 heterocycles. The van der Waals surface area contributed by atoms with Crippen molar-refractivity contribution in [3.05, 3.63) is 59.7 Å². The fraction of sp³-hybridized carbons (Fsp3) is 0.348. The van der Waals surface area contributed by atoms with Gasteiger partial charge in [-0.25, -0.2) is 4.79 Å². The van der Waals surface area contributed by atoms with Crippen molar-refractivity contribution >= 4 is 23.5 Å². The Balaban J connectivity index is 1.84. The third-order valence-electron chi connectivity index (χ3n) is 4.35. The maximum absolute atomic E-state index is 12.1. The Morgan fingerprint density at radius 1 is 1.03 bits per heavy atom. The molecule has 1 atom stereocenters. The molecule has 30 heavy (non-hydrogen) atoms. The molecule has 2 rings (SSSR count). The van der Waals surface area contributed by atoms with Crippen molar-refractivity contribution in [3.63, 3.8) is 0 Å². The summed E-state index contributed by atoms with van der Waals surface area (Å²) < 4.78 is 10.6. The summed E-state index contributed by atoms with van der Waals surface area (Å²) in [5.41, 5.74) is 2.02. The number of amides is 2. The van der Waals surface area contributed by atoms with Crippen molar-refractivity contribution in [2.75, 3.05) is 19.0 Å². The quantitative estimate of drug-likeness (QED) is 0.681. The topological polar surface area (TPSA) is 93.7 Å². The van der Waals surface area contributed by atoms with E-state index in [4.69, 9.17) is 9.47 Å². The molecular weight excluding hydrogens is 384 g/mol. The van der Waals surface area contributed by atoms with Gasteiger partial charge in [-0.05, 0) is 48.2 Å². The zero-order valence-corrected chi connectivity index (χ0v) is 17.9. The Labute approximate surface area is 176 Å². The number of hydrogen-bond acceptors (Lipinski definition) is 5. The fourth-order valence-corrected chi connectivity index (χ4v) is 2.62. The molecule has 2 N–H and O–H groups in total. The molecule has 2 aromatic carbocycles. The van der Waals surface area contributed by atoms with E-state index >= 15 is 0 Å². The number of carbonyl (C=O) groups is 3. The molecule has 0 saturated carbocycles. The van der Waals surface area contributed by atoms with E-state index in [1.54, 1.807) is 37.3 Å². The summed E-state index contributed by atoms with van der Waals surface area (Å²) in [6.45, 7) is 7.44. The summed E-state index contributed by atoms with van der Waals surface area (Å²) in [5.74, 6) is -0.884. The van der Waals surface area contributed by atoms with Crippen molar-refractivity contribution < 1.29 is 23.9 Å². The van der Waals surface area contributed by atoms with Gasteiger partial charge in [-0.1, -0.05) is 39.0 Å². The van der Waals surface area contributed by atoms with Gasteiger partial charge >= 0.3 is 5.97 Å². The van der Waals surface area contributed by atoms with Crippen LogP contribution in [0.15, 0.2) is 48.5 Å². The summed E-state index contributed by atoms with van der Waals surface area (Å²) >= 11 is 0. The summed E-state index contributed by atoms with van der Waals surface area (Å²) in [7, 11) is 1.52. The number of carbonyl (C=O) groups excluding carboxylic acids is 3. The van der Waals surface area contributed by atoms with Crippen LogP contribution in [-0.4, -0.2) is 37.5 Å². The van der Waals surface area contributed by atoms with Gasteiger partial charge in [0.2, 0.25) is 0 Å². The second-order valence-corrected chi connectivity index (χ2v) is 7.85. The van der Waals surface area contributed by atoms with Gasteiger partial charge in [-0.3, -0.25) is 9.59 Å². The van der Waals surface area contributed by atoms with Crippen LogP contribution in [0, 0.1) is 0 Å². The summed E-state index contributed by atoms with van der Waals surface area (Å²) in [4.78, 5) is 35.8. The number of ether oxygens (including phenoxy) is 2. The maximum atomic E-state index is 12.1. The van der Waals surface area contributed by atoms with Crippen molar-refractivity contribution in [1.82, 2.24) is 5.32 Å². The number of anilines is 1. The van der Waals surface area contributed by atoms with Gasteiger partial charge in [-0.15, -0.1) is 0 Å². The van der Waals surface area contributed by atoms with E-state index in [9.17, 15) is 14.4 Å². The number of benzene rings is 2. The lowest BCUT2D eigenvalue weighted by Crippen LogP contribution is -2.29. The molecule has 0 aliphatic carbocycles. The first kappa shape index (κ1) is 22.9. The van der Waals surface area contributed by atoms with E-state index < -0.39 is 24.6 Å². The van der Waals surface area contributed by atoms with Crippen LogP contribution in [0.1, 0.15) is 43.6 Å². The van der Waals surface area contributed by atoms with Gasteiger partial charge < -0.3 is 20.1 Å². The first-order valence-electron chi connectivity index (χ1n) is 9.66. The van der Waals surface area contributed by atoms with Gasteiger partial charge in [0.15, 0.2) is 12.7 Å². The number of nitrogens with one attached hydrogen (secondary N) is 2. The van der Waals surface area contributed by atoms with Crippen LogP contribution in [0.3, 0.4) is 0 Å². The van der Waals surface area contributed by atoms with Crippen molar-refractivity contribution in [1.29, 1.82) is 0 Å². The Morgan fingerprint density at radius 2 is 1.70 bits per heavy atom. The highest BCUT2D eigenvalue weighted by molar-refractivity contribution is 5.97. The van der Waals surface area contributed by atoms with Crippen molar-refractivity contribution in [3.8, 4) is 5.75 Å². The Hall–Kier alpha value is -3.35. The highest BCUT2D eigenvalue weighted by Crippen LogP contribution is 2.24. The summed E-state index contributed by atoms with van der Waals surface area (Å²) in [5, 5.41) is 5.10. The molecule has 0 fully saturated rings. The van der Waals surface area contributed by atoms with Crippen molar-refractivity contribution in [2.45, 2.75) is 39.2 Å². The molecule has 0 unspecified atom stereocenters. The minimum atomic E-state index is -0.866. The van der Waals surface area contributed by atoms with Gasteiger partial charge in [0.25, 0.3) is 11.8 Å². The molecule has 0 bridgehead atoms. The molecule has 7 nitrogen and oxygen atoms in total. The first-order chi connectivity index (χ1) is 14.1. The second-order valence-electron chi connectivity index (χ2n) is 7.85. The van der Waals surface area contributed by atoms with Gasteiger partial charge in [-0.2, -0.15) is 0 Å². The zero-order valence-electron chi connectivity index (χ0n) is 17.9.